The number of aryl methyl sites for hydroxylation is 3. The Morgan fingerprint density at radius 1 is 0.722 bits per heavy atom. The molecule has 0 aromatic heterocycles. The van der Waals surface area contributed by atoms with Gasteiger partial charge in [-0.1, -0.05) is 49.4 Å². The van der Waals surface area contributed by atoms with E-state index in [9.17, 15) is 0 Å². The molecule has 0 fully saturated rings. The summed E-state index contributed by atoms with van der Waals surface area (Å²) in [5.41, 5.74) is 4.15. The molecular formula is C18H18. The molecule has 18 heavy (non-hydrogen) atoms. The van der Waals surface area contributed by atoms with Crippen molar-refractivity contribution in [2.75, 3.05) is 0 Å². The summed E-state index contributed by atoms with van der Waals surface area (Å²) in [6.45, 7) is 6.61. The molecule has 90 valence electrons. The lowest BCUT2D eigenvalue weighted by Crippen LogP contribution is -1.87. The van der Waals surface area contributed by atoms with Gasteiger partial charge in [-0.15, -0.1) is 0 Å². The Hall–Kier alpha value is -1.82. The van der Waals surface area contributed by atoms with Gasteiger partial charge in [0, 0.05) is 0 Å². The van der Waals surface area contributed by atoms with Gasteiger partial charge in [0.05, 0.1) is 0 Å². The molecule has 3 aromatic rings. The molecule has 0 heterocycles. The average Bonchev–Trinajstić information content (AvgIpc) is 2.40. The molecule has 0 saturated heterocycles. The van der Waals surface area contributed by atoms with Crippen LogP contribution < -0.4 is 0 Å². The molecule has 3 aromatic carbocycles. The van der Waals surface area contributed by atoms with Gasteiger partial charge in [0.15, 0.2) is 0 Å². The zero-order valence-corrected chi connectivity index (χ0v) is 11.2. The van der Waals surface area contributed by atoms with E-state index in [1.165, 1.54) is 38.2 Å². The number of hydrogen-bond donors (Lipinski definition) is 0. The predicted octanol–water partition coefficient (Wildman–Crippen LogP) is 5.17. The first-order valence-corrected chi connectivity index (χ1v) is 6.62. The molecule has 0 atom stereocenters. The molecule has 0 unspecified atom stereocenters. The van der Waals surface area contributed by atoms with Crippen molar-refractivity contribution >= 4 is 21.5 Å². The molecular weight excluding hydrogens is 216 g/mol. The number of benzene rings is 3. The topological polar surface area (TPSA) is 0 Å². The first-order valence-electron chi connectivity index (χ1n) is 6.62. The molecule has 0 N–H and O–H groups in total. The first kappa shape index (κ1) is 11.3. The molecule has 0 saturated carbocycles. The number of rotatable bonds is 1. The Morgan fingerprint density at radius 3 is 2.22 bits per heavy atom. The number of hydrogen-bond acceptors (Lipinski definition) is 0. The van der Waals surface area contributed by atoms with Gasteiger partial charge < -0.3 is 0 Å². The van der Waals surface area contributed by atoms with E-state index in [2.05, 4.69) is 63.2 Å². The van der Waals surface area contributed by atoms with Crippen LogP contribution in [0.15, 0.2) is 42.5 Å². The third-order valence-corrected chi connectivity index (χ3v) is 3.89. The first-order chi connectivity index (χ1) is 8.70. The summed E-state index contributed by atoms with van der Waals surface area (Å²) in [5, 5.41) is 5.53. The van der Waals surface area contributed by atoms with Crippen LogP contribution in [0.25, 0.3) is 21.5 Å². The van der Waals surface area contributed by atoms with Gasteiger partial charge >= 0.3 is 0 Å². The molecule has 0 bridgehead atoms. The Balaban J connectivity index is 2.51. The fourth-order valence-electron chi connectivity index (χ4n) is 2.77. The summed E-state index contributed by atoms with van der Waals surface area (Å²) in [4.78, 5) is 0. The summed E-state index contributed by atoms with van der Waals surface area (Å²) in [5.74, 6) is 0. The molecule has 0 heteroatoms. The Bertz CT molecular complexity index is 736. The van der Waals surface area contributed by atoms with Crippen molar-refractivity contribution < 1.29 is 0 Å². The zero-order valence-electron chi connectivity index (χ0n) is 11.2. The third kappa shape index (κ3) is 1.60. The highest BCUT2D eigenvalue weighted by molar-refractivity contribution is 6.09. The molecule has 0 nitrogen and oxygen atoms in total. The van der Waals surface area contributed by atoms with E-state index < -0.39 is 0 Å². The summed E-state index contributed by atoms with van der Waals surface area (Å²) in [6.07, 6.45) is 1.10. The maximum Gasteiger partial charge on any atom is -0.0102 e. The molecule has 0 spiro atoms. The van der Waals surface area contributed by atoms with Gasteiger partial charge in [0.2, 0.25) is 0 Å². The molecule has 0 aliphatic carbocycles. The van der Waals surface area contributed by atoms with Crippen LogP contribution in [-0.2, 0) is 6.42 Å². The SMILES string of the molecule is CCc1ccc2c(c1)c(C)cc1c(C)cccc12. The van der Waals surface area contributed by atoms with E-state index in [-0.39, 0.29) is 0 Å². The van der Waals surface area contributed by atoms with Gasteiger partial charge in [0.1, 0.15) is 0 Å². The van der Waals surface area contributed by atoms with Gasteiger partial charge in [-0.2, -0.15) is 0 Å². The van der Waals surface area contributed by atoms with Crippen molar-refractivity contribution in [1.29, 1.82) is 0 Å². The summed E-state index contributed by atoms with van der Waals surface area (Å²) in [7, 11) is 0. The quantitative estimate of drug-likeness (QED) is 0.509. The van der Waals surface area contributed by atoms with Crippen LogP contribution in [0.5, 0.6) is 0 Å². The third-order valence-electron chi connectivity index (χ3n) is 3.89. The van der Waals surface area contributed by atoms with Crippen LogP contribution in [-0.4, -0.2) is 0 Å². The van der Waals surface area contributed by atoms with Crippen LogP contribution in [0, 0.1) is 13.8 Å². The van der Waals surface area contributed by atoms with Gasteiger partial charge in [-0.25, -0.2) is 0 Å². The second-order valence-corrected chi connectivity index (χ2v) is 5.10. The maximum absolute atomic E-state index is 2.34. The molecule has 0 aliphatic heterocycles. The minimum atomic E-state index is 1.10. The van der Waals surface area contributed by atoms with Crippen molar-refractivity contribution in [2.45, 2.75) is 27.2 Å². The highest BCUT2D eigenvalue weighted by Gasteiger charge is 2.06. The monoisotopic (exact) mass is 234 g/mol. The van der Waals surface area contributed by atoms with Gasteiger partial charge in [-0.3, -0.25) is 0 Å². The maximum atomic E-state index is 2.34. The Labute approximate surface area is 108 Å². The van der Waals surface area contributed by atoms with Gasteiger partial charge in [-0.05, 0) is 58.5 Å². The van der Waals surface area contributed by atoms with E-state index in [4.69, 9.17) is 0 Å². The minimum Gasteiger partial charge on any atom is -0.0613 e. The highest BCUT2D eigenvalue weighted by Crippen LogP contribution is 2.30. The van der Waals surface area contributed by atoms with Crippen LogP contribution in [0.3, 0.4) is 0 Å². The second kappa shape index (κ2) is 4.13. The Kier molecular flexibility index (Phi) is 2.59. The van der Waals surface area contributed by atoms with E-state index in [0.717, 1.165) is 6.42 Å². The lowest BCUT2D eigenvalue weighted by Gasteiger charge is -2.10. The fourth-order valence-corrected chi connectivity index (χ4v) is 2.77. The summed E-state index contributed by atoms with van der Waals surface area (Å²) >= 11 is 0. The van der Waals surface area contributed by atoms with E-state index in [1.54, 1.807) is 0 Å². The van der Waals surface area contributed by atoms with Crippen molar-refractivity contribution in [3.8, 4) is 0 Å². The van der Waals surface area contributed by atoms with E-state index in [0.29, 0.717) is 0 Å². The highest BCUT2D eigenvalue weighted by atomic mass is 14.1. The van der Waals surface area contributed by atoms with Crippen molar-refractivity contribution in [1.82, 2.24) is 0 Å². The van der Waals surface area contributed by atoms with Crippen LogP contribution >= 0.6 is 0 Å². The van der Waals surface area contributed by atoms with Crippen LogP contribution in [0.2, 0.25) is 0 Å². The number of fused-ring (bicyclic) bond motifs is 3. The summed E-state index contributed by atoms with van der Waals surface area (Å²) in [6, 6.07) is 15.8. The normalized spacial score (nSPS) is 11.3. The molecule has 3 rings (SSSR count). The van der Waals surface area contributed by atoms with Gasteiger partial charge in [0.25, 0.3) is 0 Å². The van der Waals surface area contributed by atoms with E-state index in [1.807, 2.05) is 0 Å². The lowest BCUT2D eigenvalue weighted by atomic mass is 9.94. The van der Waals surface area contributed by atoms with Crippen molar-refractivity contribution in [2.24, 2.45) is 0 Å². The molecule has 0 radical (unpaired) electrons. The van der Waals surface area contributed by atoms with Crippen molar-refractivity contribution in [3.63, 3.8) is 0 Å². The minimum absolute atomic E-state index is 1.10. The smallest absolute Gasteiger partial charge is 0.0102 e. The fraction of sp³-hybridized carbons (Fsp3) is 0.222. The molecule has 0 amide bonds. The van der Waals surface area contributed by atoms with E-state index >= 15 is 0 Å². The Morgan fingerprint density at radius 2 is 1.44 bits per heavy atom. The van der Waals surface area contributed by atoms with Crippen LogP contribution in [0.4, 0.5) is 0 Å². The van der Waals surface area contributed by atoms with Crippen LogP contribution in [0.1, 0.15) is 23.6 Å². The predicted molar refractivity (Wildman–Crippen MR) is 80.3 cm³/mol. The largest absolute Gasteiger partial charge is 0.0613 e. The second-order valence-electron chi connectivity index (χ2n) is 5.10. The lowest BCUT2D eigenvalue weighted by molar-refractivity contribution is 1.15. The zero-order chi connectivity index (χ0) is 12.7. The standard InChI is InChI=1S/C18H18/c1-4-14-8-9-16-15-7-5-6-12(2)17(15)10-13(3)18(16)11-14/h5-11H,4H2,1-3H3. The molecule has 0 aliphatic rings. The van der Waals surface area contributed by atoms with Crippen molar-refractivity contribution in [3.05, 3.63) is 59.2 Å². The average molecular weight is 234 g/mol. The summed E-state index contributed by atoms with van der Waals surface area (Å²) < 4.78 is 0.